The Balaban J connectivity index is 1.42. The summed E-state index contributed by atoms with van der Waals surface area (Å²) in [5.41, 5.74) is 5.36. The molecule has 6 nitrogen and oxygen atoms in total. The van der Waals surface area contributed by atoms with Crippen molar-refractivity contribution in [3.8, 4) is 22.8 Å². The molecule has 0 aliphatic carbocycles. The number of allylic oxidation sites excluding steroid dienone is 2. The average molecular weight is 509 g/mol. The third-order valence-electron chi connectivity index (χ3n) is 6.40. The van der Waals surface area contributed by atoms with Crippen LogP contribution in [-0.2, 0) is 4.79 Å². The van der Waals surface area contributed by atoms with Crippen LogP contribution in [0.25, 0.3) is 23.0 Å². The number of benzene rings is 4. The third-order valence-corrected chi connectivity index (χ3v) is 6.40. The lowest BCUT2D eigenvalue weighted by Gasteiger charge is -2.10. The Labute approximate surface area is 226 Å². The summed E-state index contributed by atoms with van der Waals surface area (Å²) in [6.45, 7) is 0. The number of anilines is 1. The van der Waals surface area contributed by atoms with Gasteiger partial charge in [0, 0.05) is 11.1 Å². The molecule has 0 atom stereocenters. The zero-order chi connectivity index (χ0) is 26.6. The Morgan fingerprint density at radius 3 is 1.82 bits per heavy atom. The van der Waals surface area contributed by atoms with Gasteiger partial charge < -0.3 is 5.11 Å². The van der Waals surface area contributed by atoms with E-state index in [-0.39, 0.29) is 11.8 Å². The highest BCUT2D eigenvalue weighted by Crippen LogP contribution is 2.33. The molecule has 0 bridgehead atoms. The molecule has 2 heterocycles. The maximum absolute atomic E-state index is 13.5. The van der Waals surface area contributed by atoms with Gasteiger partial charge in [-0.1, -0.05) is 103 Å². The van der Waals surface area contributed by atoms with Crippen LogP contribution in [0.5, 0.6) is 5.88 Å². The Morgan fingerprint density at radius 2 is 1.21 bits per heavy atom. The van der Waals surface area contributed by atoms with Gasteiger partial charge in [-0.05, 0) is 36.4 Å². The molecule has 1 aliphatic rings. The number of hydrazone groups is 1. The fraction of sp³-hybridized carbons (Fsp3) is 0. The first-order chi connectivity index (χ1) is 19.2. The average Bonchev–Trinajstić information content (AvgIpc) is 3.51. The first kappa shape index (κ1) is 23.9. The third kappa shape index (κ3) is 4.67. The number of carbonyl (C=O) groups excluding carboxylic acids is 1. The molecule has 0 saturated heterocycles. The monoisotopic (exact) mass is 508 g/mol. The minimum atomic E-state index is -0.225. The van der Waals surface area contributed by atoms with Gasteiger partial charge in [-0.2, -0.15) is 15.2 Å². The summed E-state index contributed by atoms with van der Waals surface area (Å²) >= 11 is 0. The standard InChI is InChI=1S/C33H24N4O2/c38-32-28(30(24-14-5-1-6-15-24)34-36(32)26-18-9-3-10-19-26)22-13-23-29-31(25-16-7-2-8-17-25)35-37(33(29)39)27-20-11-4-12-21-27/h1-23,38H/b22-13+,29-23-. The van der Waals surface area contributed by atoms with Crippen LogP contribution < -0.4 is 5.01 Å². The zero-order valence-corrected chi connectivity index (χ0v) is 20.9. The van der Waals surface area contributed by atoms with E-state index in [0.717, 1.165) is 16.8 Å². The maximum atomic E-state index is 13.5. The molecule has 6 heteroatoms. The van der Waals surface area contributed by atoms with Crippen molar-refractivity contribution in [3.63, 3.8) is 0 Å². The van der Waals surface area contributed by atoms with E-state index in [1.807, 2.05) is 121 Å². The van der Waals surface area contributed by atoms with E-state index in [4.69, 9.17) is 5.10 Å². The lowest BCUT2D eigenvalue weighted by molar-refractivity contribution is -0.114. The second-order valence-corrected chi connectivity index (χ2v) is 8.91. The van der Waals surface area contributed by atoms with Crippen LogP contribution in [0, 0.1) is 0 Å². The SMILES string of the molecule is O=C1/C(=C\C=C\c2c(-c3ccccc3)nn(-c3ccccc3)c2O)C(c2ccccc2)=NN1c1ccccc1. The minimum absolute atomic E-state index is 0.00955. The normalized spacial score (nSPS) is 14.4. The summed E-state index contributed by atoms with van der Waals surface area (Å²) in [5.74, 6) is -0.215. The smallest absolute Gasteiger partial charge is 0.281 e. The van der Waals surface area contributed by atoms with E-state index in [1.54, 1.807) is 18.2 Å². The first-order valence-electron chi connectivity index (χ1n) is 12.6. The van der Waals surface area contributed by atoms with Crippen molar-refractivity contribution in [3.05, 3.63) is 150 Å². The molecule has 4 aromatic carbocycles. The highest BCUT2D eigenvalue weighted by Gasteiger charge is 2.31. The molecule has 1 amide bonds. The van der Waals surface area contributed by atoms with Gasteiger partial charge in [-0.15, -0.1) is 0 Å². The highest BCUT2D eigenvalue weighted by atomic mass is 16.3. The number of amides is 1. The molecular formula is C33H24N4O2. The summed E-state index contributed by atoms with van der Waals surface area (Å²) in [5, 5.41) is 22.0. The van der Waals surface area contributed by atoms with Crippen molar-refractivity contribution in [2.75, 3.05) is 5.01 Å². The van der Waals surface area contributed by atoms with Crippen LogP contribution in [0.3, 0.4) is 0 Å². The summed E-state index contributed by atoms with van der Waals surface area (Å²) in [7, 11) is 0. The molecule has 0 spiro atoms. The van der Waals surface area contributed by atoms with Crippen LogP contribution in [0.2, 0.25) is 0 Å². The van der Waals surface area contributed by atoms with Gasteiger partial charge in [0.2, 0.25) is 5.88 Å². The molecular weight excluding hydrogens is 484 g/mol. The van der Waals surface area contributed by atoms with E-state index in [1.165, 1.54) is 9.69 Å². The Kier molecular flexibility index (Phi) is 6.41. The largest absolute Gasteiger partial charge is 0.493 e. The van der Waals surface area contributed by atoms with Crippen molar-refractivity contribution < 1.29 is 9.90 Å². The molecule has 1 N–H and O–H groups in total. The number of hydrogen-bond acceptors (Lipinski definition) is 4. The van der Waals surface area contributed by atoms with E-state index >= 15 is 0 Å². The second kappa shape index (κ2) is 10.5. The summed E-state index contributed by atoms with van der Waals surface area (Å²) in [4.78, 5) is 13.5. The van der Waals surface area contributed by atoms with Crippen molar-refractivity contribution in [1.29, 1.82) is 0 Å². The Hall–Kier alpha value is -5.49. The summed E-state index contributed by atoms with van der Waals surface area (Å²) in [6.07, 6.45) is 5.28. The van der Waals surface area contributed by atoms with E-state index in [9.17, 15) is 9.90 Å². The number of para-hydroxylation sites is 2. The van der Waals surface area contributed by atoms with E-state index in [2.05, 4.69) is 5.10 Å². The van der Waals surface area contributed by atoms with Crippen molar-refractivity contribution in [2.45, 2.75) is 0 Å². The molecule has 0 radical (unpaired) electrons. The number of nitrogens with zero attached hydrogens (tertiary/aromatic N) is 4. The lowest BCUT2D eigenvalue weighted by atomic mass is 10.0. The number of aromatic nitrogens is 2. The van der Waals surface area contributed by atoms with Crippen LogP contribution >= 0.6 is 0 Å². The highest BCUT2D eigenvalue weighted by molar-refractivity contribution is 6.35. The summed E-state index contributed by atoms with van der Waals surface area (Å²) in [6, 6.07) is 38.2. The molecule has 5 aromatic rings. The lowest BCUT2D eigenvalue weighted by Crippen LogP contribution is -2.21. The molecule has 1 aromatic heterocycles. The van der Waals surface area contributed by atoms with Gasteiger partial charge in [-0.25, -0.2) is 4.68 Å². The van der Waals surface area contributed by atoms with E-state index < -0.39 is 0 Å². The van der Waals surface area contributed by atoms with Crippen LogP contribution in [0.1, 0.15) is 11.1 Å². The Morgan fingerprint density at radius 1 is 0.667 bits per heavy atom. The first-order valence-corrected chi connectivity index (χ1v) is 12.6. The molecule has 39 heavy (non-hydrogen) atoms. The summed E-state index contributed by atoms with van der Waals surface area (Å²) < 4.78 is 1.52. The Bertz CT molecular complexity index is 1710. The zero-order valence-electron chi connectivity index (χ0n) is 20.9. The maximum Gasteiger partial charge on any atom is 0.281 e. The molecule has 0 fully saturated rings. The van der Waals surface area contributed by atoms with Crippen molar-refractivity contribution in [1.82, 2.24) is 9.78 Å². The molecule has 0 saturated carbocycles. The number of carbonyl (C=O) groups is 1. The molecule has 6 rings (SSSR count). The van der Waals surface area contributed by atoms with Gasteiger partial charge in [0.25, 0.3) is 5.91 Å². The van der Waals surface area contributed by atoms with Gasteiger partial charge in [0.15, 0.2) is 0 Å². The van der Waals surface area contributed by atoms with Gasteiger partial charge in [0.1, 0.15) is 11.4 Å². The topological polar surface area (TPSA) is 70.7 Å². The van der Waals surface area contributed by atoms with Crippen molar-refractivity contribution >= 4 is 23.4 Å². The van der Waals surface area contributed by atoms with Gasteiger partial charge >= 0.3 is 0 Å². The molecule has 1 aliphatic heterocycles. The van der Waals surface area contributed by atoms with Crippen molar-refractivity contribution in [2.24, 2.45) is 5.10 Å². The number of aromatic hydroxyl groups is 1. The number of hydrogen-bond donors (Lipinski definition) is 1. The second-order valence-electron chi connectivity index (χ2n) is 8.91. The molecule has 188 valence electrons. The van der Waals surface area contributed by atoms with Gasteiger partial charge in [-0.3, -0.25) is 4.79 Å². The van der Waals surface area contributed by atoms with Crippen LogP contribution in [0.4, 0.5) is 5.69 Å². The van der Waals surface area contributed by atoms with Gasteiger partial charge in [0.05, 0.1) is 22.5 Å². The number of rotatable bonds is 6. The van der Waals surface area contributed by atoms with Crippen LogP contribution in [-0.4, -0.2) is 26.5 Å². The van der Waals surface area contributed by atoms with Crippen LogP contribution in [0.15, 0.2) is 144 Å². The predicted octanol–water partition coefficient (Wildman–Crippen LogP) is 6.64. The molecule has 0 unspecified atom stereocenters. The fourth-order valence-corrected chi connectivity index (χ4v) is 4.49. The van der Waals surface area contributed by atoms with E-state index in [0.29, 0.717) is 28.2 Å². The fourth-order valence-electron chi connectivity index (χ4n) is 4.49. The quantitative estimate of drug-likeness (QED) is 0.262. The predicted molar refractivity (Wildman–Crippen MR) is 155 cm³/mol. The minimum Gasteiger partial charge on any atom is -0.493 e.